The Bertz CT molecular complexity index is 1180. The first-order valence-electron chi connectivity index (χ1n) is 8.80. The minimum Gasteiger partial charge on any atom is -0.507 e. The smallest absolute Gasteiger partial charge is 0.300 e. The van der Waals surface area contributed by atoms with Crippen molar-refractivity contribution in [3.63, 3.8) is 0 Å². The van der Waals surface area contributed by atoms with Crippen LogP contribution in [0.2, 0.25) is 0 Å². The van der Waals surface area contributed by atoms with E-state index in [4.69, 9.17) is 0 Å². The Morgan fingerprint density at radius 2 is 1.57 bits per heavy atom. The molecule has 150 valence electrons. The van der Waals surface area contributed by atoms with E-state index < -0.39 is 40.9 Å². The predicted octanol–water partition coefficient (Wildman–Crippen LogP) is 4.13. The lowest BCUT2D eigenvalue weighted by Gasteiger charge is -2.25. The van der Waals surface area contributed by atoms with Gasteiger partial charge in [0.05, 0.1) is 11.6 Å². The number of aliphatic hydroxyl groups excluding tert-OH is 1. The van der Waals surface area contributed by atoms with Crippen LogP contribution in [0.4, 0.5) is 18.9 Å². The molecule has 1 amide bonds. The highest BCUT2D eigenvalue weighted by Crippen LogP contribution is 2.42. The molecular formula is C22H13F3N2O3. The quantitative estimate of drug-likeness (QED) is 0.401. The van der Waals surface area contributed by atoms with Gasteiger partial charge in [-0.2, -0.15) is 0 Å². The van der Waals surface area contributed by atoms with Crippen LogP contribution in [-0.2, 0) is 9.59 Å². The highest BCUT2D eigenvalue weighted by molar-refractivity contribution is 6.51. The van der Waals surface area contributed by atoms with Crippen LogP contribution in [0.1, 0.15) is 17.2 Å². The summed E-state index contributed by atoms with van der Waals surface area (Å²) in [4.78, 5) is 30.5. The molecule has 8 heteroatoms. The van der Waals surface area contributed by atoms with Crippen LogP contribution < -0.4 is 4.90 Å². The van der Waals surface area contributed by atoms with Crippen LogP contribution in [-0.4, -0.2) is 21.8 Å². The number of carbonyl (C=O) groups excluding carboxylic acids is 2. The van der Waals surface area contributed by atoms with E-state index >= 15 is 0 Å². The Hall–Kier alpha value is -3.94. The summed E-state index contributed by atoms with van der Waals surface area (Å²) in [6, 6.07) is 9.43. The number of carbonyl (C=O) groups is 2. The third kappa shape index (κ3) is 3.22. The van der Waals surface area contributed by atoms with Crippen LogP contribution >= 0.6 is 0 Å². The normalized spacial score (nSPS) is 18.1. The molecule has 0 saturated carbocycles. The van der Waals surface area contributed by atoms with Gasteiger partial charge in [0.25, 0.3) is 11.7 Å². The van der Waals surface area contributed by atoms with Crippen molar-refractivity contribution < 1.29 is 27.9 Å². The monoisotopic (exact) mass is 410 g/mol. The van der Waals surface area contributed by atoms with Crippen molar-refractivity contribution in [1.29, 1.82) is 0 Å². The zero-order chi connectivity index (χ0) is 21.4. The van der Waals surface area contributed by atoms with Crippen molar-refractivity contribution in [1.82, 2.24) is 4.98 Å². The van der Waals surface area contributed by atoms with E-state index in [9.17, 15) is 27.9 Å². The number of amides is 1. The molecule has 2 aromatic carbocycles. The summed E-state index contributed by atoms with van der Waals surface area (Å²) in [5.41, 5.74) is 0.193. The molecule has 5 nitrogen and oxygen atoms in total. The number of rotatable bonds is 3. The summed E-state index contributed by atoms with van der Waals surface area (Å²) in [6.45, 7) is 0. The number of Topliss-reactive ketones (excluding diaryl/α,β-unsaturated/α-hetero) is 1. The SMILES string of the molecule is O=C1C(=O)N(c2ccc(F)c(F)c2)C(c2ccc(F)cc2)/C1=C(\O)c1ccncc1. The number of halogens is 3. The van der Waals surface area contributed by atoms with Crippen molar-refractivity contribution >= 4 is 23.1 Å². The highest BCUT2D eigenvalue weighted by atomic mass is 19.2. The lowest BCUT2D eigenvalue weighted by molar-refractivity contribution is -0.132. The van der Waals surface area contributed by atoms with Crippen molar-refractivity contribution in [2.24, 2.45) is 0 Å². The first-order chi connectivity index (χ1) is 14.4. The second kappa shape index (κ2) is 7.47. The Kier molecular flexibility index (Phi) is 4.83. The molecule has 4 rings (SSSR count). The van der Waals surface area contributed by atoms with Gasteiger partial charge in [-0.25, -0.2) is 13.2 Å². The minimum atomic E-state index is -1.21. The van der Waals surface area contributed by atoms with Crippen molar-refractivity contribution in [2.75, 3.05) is 4.90 Å². The van der Waals surface area contributed by atoms with Gasteiger partial charge in [-0.1, -0.05) is 12.1 Å². The number of pyridine rings is 1. The summed E-state index contributed by atoms with van der Waals surface area (Å²) in [5.74, 6) is -5.38. The minimum absolute atomic E-state index is 0.0842. The first-order valence-corrected chi connectivity index (χ1v) is 8.80. The number of benzene rings is 2. The molecule has 0 bridgehead atoms. The molecule has 1 aliphatic heterocycles. The van der Waals surface area contributed by atoms with Gasteiger partial charge in [0.2, 0.25) is 0 Å². The molecule has 1 aromatic heterocycles. The van der Waals surface area contributed by atoms with Crippen molar-refractivity contribution in [3.05, 3.63) is 101 Å². The maximum Gasteiger partial charge on any atom is 0.300 e. The number of hydrogen-bond acceptors (Lipinski definition) is 4. The second-order valence-electron chi connectivity index (χ2n) is 6.55. The van der Waals surface area contributed by atoms with Gasteiger partial charge < -0.3 is 5.11 Å². The van der Waals surface area contributed by atoms with Gasteiger partial charge in [-0.05, 0) is 42.0 Å². The molecule has 1 unspecified atom stereocenters. The van der Waals surface area contributed by atoms with Crippen LogP contribution in [0.15, 0.2) is 72.6 Å². The molecule has 1 fully saturated rings. The van der Waals surface area contributed by atoms with E-state index in [0.717, 1.165) is 35.2 Å². The maximum atomic E-state index is 13.8. The zero-order valence-corrected chi connectivity index (χ0v) is 15.2. The number of ketones is 1. The third-order valence-electron chi connectivity index (χ3n) is 4.77. The maximum absolute atomic E-state index is 13.8. The van der Waals surface area contributed by atoms with Crippen molar-refractivity contribution in [3.8, 4) is 0 Å². The Morgan fingerprint density at radius 3 is 2.20 bits per heavy atom. The molecule has 2 heterocycles. The van der Waals surface area contributed by atoms with Crippen LogP contribution in [0.3, 0.4) is 0 Å². The van der Waals surface area contributed by atoms with Crippen LogP contribution in [0, 0.1) is 17.5 Å². The first kappa shape index (κ1) is 19.4. The van der Waals surface area contributed by atoms with Gasteiger partial charge >= 0.3 is 0 Å². The molecule has 3 aromatic rings. The summed E-state index contributed by atoms with van der Waals surface area (Å²) in [5, 5.41) is 10.8. The predicted molar refractivity (Wildman–Crippen MR) is 102 cm³/mol. The average molecular weight is 410 g/mol. The lowest BCUT2D eigenvalue weighted by Crippen LogP contribution is -2.29. The Labute approximate surface area is 168 Å². The van der Waals surface area contributed by atoms with Gasteiger partial charge in [0, 0.05) is 29.7 Å². The summed E-state index contributed by atoms with van der Waals surface area (Å²) >= 11 is 0. The summed E-state index contributed by atoms with van der Waals surface area (Å²) in [6.07, 6.45) is 2.79. The second-order valence-corrected chi connectivity index (χ2v) is 6.55. The standard InChI is InChI=1S/C22H13F3N2O3/c23-14-3-1-12(2-4-14)19-18(20(28)13-7-9-26-10-8-13)21(29)22(30)27(19)15-5-6-16(24)17(25)11-15/h1-11,19,28H/b20-18+. The summed E-state index contributed by atoms with van der Waals surface area (Å²) < 4.78 is 40.7. The van der Waals surface area contributed by atoms with E-state index in [-0.39, 0.29) is 16.8 Å². The van der Waals surface area contributed by atoms with Crippen molar-refractivity contribution in [2.45, 2.75) is 6.04 Å². The molecule has 1 atom stereocenters. The number of aliphatic hydroxyl groups is 1. The number of anilines is 1. The highest BCUT2D eigenvalue weighted by Gasteiger charge is 2.47. The molecule has 1 aliphatic rings. The third-order valence-corrected chi connectivity index (χ3v) is 4.77. The summed E-state index contributed by atoms with van der Waals surface area (Å²) in [7, 11) is 0. The van der Waals surface area contributed by atoms with E-state index in [0.29, 0.717) is 5.56 Å². The number of nitrogens with zero attached hydrogens (tertiary/aromatic N) is 2. The molecule has 0 spiro atoms. The topological polar surface area (TPSA) is 70.5 Å². The molecule has 1 N–H and O–H groups in total. The molecule has 30 heavy (non-hydrogen) atoms. The van der Waals surface area contributed by atoms with Crippen LogP contribution in [0.25, 0.3) is 5.76 Å². The zero-order valence-electron chi connectivity index (χ0n) is 15.2. The van der Waals surface area contributed by atoms with Gasteiger partial charge in [-0.3, -0.25) is 19.5 Å². The fraction of sp³-hybridized carbons (Fsp3) is 0.0455. The molecule has 0 radical (unpaired) electrons. The Balaban J connectivity index is 1.95. The van der Waals surface area contributed by atoms with Crippen LogP contribution in [0.5, 0.6) is 0 Å². The van der Waals surface area contributed by atoms with E-state index in [1.54, 1.807) is 0 Å². The van der Waals surface area contributed by atoms with Gasteiger partial charge in [0.1, 0.15) is 11.6 Å². The Morgan fingerprint density at radius 1 is 0.900 bits per heavy atom. The largest absolute Gasteiger partial charge is 0.507 e. The van der Waals surface area contributed by atoms with E-state index in [2.05, 4.69) is 4.98 Å². The fourth-order valence-corrected chi connectivity index (χ4v) is 3.36. The van der Waals surface area contributed by atoms with E-state index in [1.165, 1.54) is 36.7 Å². The number of aromatic nitrogens is 1. The molecular weight excluding hydrogens is 397 g/mol. The average Bonchev–Trinajstić information content (AvgIpc) is 3.01. The fourth-order valence-electron chi connectivity index (χ4n) is 3.36. The van der Waals surface area contributed by atoms with Gasteiger partial charge in [0.15, 0.2) is 11.6 Å². The molecule has 1 saturated heterocycles. The van der Waals surface area contributed by atoms with Gasteiger partial charge in [-0.15, -0.1) is 0 Å². The lowest BCUT2D eigenvalue weighted by atomic mass is 9.95. The van der Waals surface area contributed by atoms with E-state index in [1.807, 2.05) is 0 Å². The number of hydrogen-bond donors (Lipinski definition) is 1. The molecule has 0 aliphatic carbocycles.